The Bertz CT molecular complexity index is 810. The highest BCUT2D eigenvalue weighted by Crippen LogP contribution is 2.30. The topological polar surface area (TPSA) is 76.4 Å². The maximum absolute atomic E-state index is 12.0. The zero-order valence-electron chi connectivity index (χ0n) is 14.2. The third-order valence-electron chi connectivity index (χ3n) is 3.25. The molecular formula is C16H17Cl4N3O3. The number of phenols is 1. The predicted molar refractivity (Wildman–Crippen MR) is 104 cm³/mol. The number of amides is 1. The lowest BCUT2D eigenvalue weighted by molar-refractivity contribution is 0.163. The standard InChI is InChI=1S/C16H17Cl4N3O3/c1-15(2,3)12-7-13(21-14(25)26-8-16(18,19)20)23(22-12)9-4-5-11(24)10(17)6-9/h4-7,24H,8H2,1-3H3,(H,21,25). The molecule has 0 spiro atoms. The van der Waals surface area contributed by atoms with Crippen molar-refractivity contribution in [3.05, 3.63) is 35.0 Å². The van der Waals surface area contributed by atoms with Crippen molar-refractivity contribution >= 4 is 58.3 Å². The summed E-state index contributed by atoms with van der Waals surface area (Å²) in [7, 11) is 0. The van der Waals surface area contributed by atoms with Crippen molar-refractivity contribution in [2.24, 2.45) is 0 Å². The van der Waals surface area contributed by atoms with Gasteiger partial charge in [0.1, 0.15) is 18.2 Å². The number of aromatic nitrogens is 2. The first-order chi connectivity index (χ1) is 11.9. The molecule has 1 aromatic heterocycles. The number of hydrogen-bond donors (Lipinski definition) is 2. The lowest BCUT2D eigenvalue weighted by Gasteiger charge is -2.14. The maximum atomic E-state index is 12.0. The van der Waals surface area contributed by atoms with Crippen LogP contribution in [0.1, 0.15) is 26.5 Å². The number of rotatable bonds is 3. The largest absolute Gasteiger partial charge is 0.506 e. The average molecular weight is 441 g/mol. The number of halogens is 4. The minimum Gasteiger partial charge on any atom is -0.506 e. The zero-order valence-corrected chi connectivity index (χ0v) is 17.2. The van der Waals surface area contributed by atoms with E-state index in [1.54, 1.807) is 12.1 Å². The number of hydrogen-bond acceptors (Lipinski definition) is 4. The molecule has 0 saturated heterocycles. The number of phenolic OH excluding ortho intramolecular Hbond substituents is 1. The summed E-state index contributed by atoms with van der Waals surface area (Å²) >= 11 is 22.7. The predicted octanol–water partition coefficient (Wildman–Crippen LogP) is 5.45. The van der Waals surface area contributed by atoms with Crippen molar-refractivity contribution in [1.82, 2.24) is 9.78 Å². The number of benzene rings is 1. The van der Waals surface area contributed by atoms with Crippen LogP contribution in [0.3, 0.4) is 0 Å². The highest BCUT2D eigenvalue weighted by atomic mass is 35.6. The molecular weight excluding hydrogens is 424 g/mol. The van der Waals surface area contributed by atoms with E-state index in [4.69, 9.17) is 51.1 Å². The van der Waals surface area contributed by atoms with Gasteiger partial charge in [-0.25, -0.2) is 9.48 Å². The van der Waals surface area contributed by atoms with Gasteiger partial charge < -0.3 is 9.84 Å². The van der Waals surface area contributed by atoms with E-state index in [0.29, 0.717) is 11.5 Å². The van der Waals surface area contributed by atoms with Crippen LogP contribution >= 0.6 is 46.4 Å². The first kappa shape index (κ1) is 21.0. The second kappa shape index (κ2) is 7.72. The highest BCUT2D eigenvalue weighted by molar-refractivity contribution is 6.67. The van der Waals surface area contributed by atoms with Crippen LogP contribution in [0.2, 0.25) is 5.02 Å². The van der Waals surface area contributed by atoms with E-state index in [0.717, 1.165) is 5.69 Å². The summed E-state index contributed by atoms with van der Waals surface area (Å²) in [5, 5.41) is 16.8. The lowest BCUT2D eigenvalue weighted by atomic mass is 9.92. The molecule has 0 atom stereocenters. The van der Waals surface area contributed by atoms with Gasteiger partial charge in [0.25, 0.3) is 0 Å². The smallest absolute Gasteiger partial charge is 0.412 e. The normalized spacial score (nSPS) is 12.1. The molecule has 26 heavy (non-hydrogen) atoms. The van der Waals surface area contributed by atoms with Gasteiger partial charge >= 0.3 is 6.09 Å². The number of carbonyl (C=O) groups excluding carboxylic acids is 1. The van der Waals surface area contributed by atoms with Crippen molar-refractivity contribution < 1.29 is 14.6 Å². The van der Waals surface area contributed by atoms with Gasteiger partial charge in [0, 0.05) is 11.5 Å². The lowest BCUT2D eigenvalue weighted by Crippen LogP contribution is -2.22. The van der Waals surface area contributed by atoms with Gasteiger partial charge in [-0.2, -0.15) is 5.10 Å². The van der Waals surface area contributed by atoms with Gasteiger partial charge in [0.05, 0.1) is 16.4 Å². The molecule has 10 heteroatoms. The summed E-state index contributed by atoms with van der Waals surface area (Å²) in [6.45, 7) is 5.53. The summed E-state index contributed by atoms with van der Waals surface area (Å²) in [6.07, 6.45) is -0.803. The van der Waals surface area contributed by atoms with E-state index in [1.165, 1.54) is 16.8 Å². The van der Waals surface area contributed by atoms with E-state index < -0.39 is 16.5 Å². The molecule has 0 aliphatic carbocycles. The van der Waals surface area contributed by atoms with E-state index in [-0.39, 0.29) is 16.2 Å². The molecule has 1 heterocycles. The fraction of sp³-hybridized carbons (Fsp3) is 0.375. The zero-order chi connectivity index (χ0) is 19.7. The second-order valence-electron chi connectivity index (χ2n) is 6.53. The van der Waals surface area contributed by atoms with Crippen LogP contribution < -0.4 is 5.32 Å². The van der Waals surface area contributed by atoms with Gasteiger partial charge in [-0.05, 0) is 18.2 Å². The minimum atomic E-state index is -1.71. The van der Waals surface area contributed by atoms with Crippen LogP contribution in [0.25, 0.3) is 5.69 Å². The molecule has 1 aromatic carbocycles. The van der Waals surface area contributed by atoms with E-state index in [2.05, 4.69) is 10.4 Å². The molecule has 0 aliphatic heterocycles. The molecule has 0 unspecified atom stereocenters. The molecule has 6 nitrogen and oxygen atoms in total. The Morgan fingerprint density at radius 3 is 2.46 bits per heavy atom. The molecule has 0 bridgehead atoms. The van der Waals surface area contributed by atoms with Crippen LogP contribution in [0.5, 0.6) is 5.75 Å². The minimum absolute atomic E-state index is 0.0600. The number of nitrogens with one attached hydrogen (secondary N) is 1. The second-order valence-corrected chi connectivity index (χ2v) is 9.45. The molecule has 2 aromatic rings. The number of ether oxygens (including phenoxy) is 1. The highest BCUT2D eigenvalue weighted by Gasteiger charge is 2.24. The molecule has 0 fully saturated rings. The van der Waals surface area contributed by atoms with Crippen molar-refractivity contribution in [2.45, 2.75) is 30.0 Å². The third-order valence-corrected chi connectivity index (χ3v) is 3.88. The summed E-state index contributed by atoms with van der Waals surface area (Å²) in [5.41, 5.74) is 0.988. The fourth-order valence-corrected chi connectivity index (χ4v) is 2.29. The van der Waals surface area contributed by atoms with Gasteiger partial charge in [-0.15, -0.1) is 0 Å². The summed E-state index contributed by atoms with van der Waals surface area (Å²) in [4.78, 5) is 12.0. The van der Waals surface area contributed by atoms with Crippen LogP contribution in [0, 0.1) is 0 Å². The van der Waals surface area contributed by atoms with Crippen LogP contribution in [-0.2, 0) is 10.2 Å². The van der Waals surface area contributed by atoms with Crippen molar-refractivity contribution in [2.75, 3.05) is 11.9 Å². The Hall–Kier alpha value is -1.34. The summed E-state index contributed by atoms with van der Waals surface area (Å²) in [6, 6.07) is 6.27. The third kappa shape index (κ3) is 5.58. The van der Waals surface area contributed by atoms with Gasteiger partial charge in [-0.1, -0.05) is 67.2 Å². The van der Waals surface area contributed by atoms with Crippen molar-refractivity contribution in [3.63, 3.8) is 0 Å². The fourth-order valence-electron chi connectivity index (χ4n) is 1.95. The summed E-state index contributed by atoms with van der Waals surface area (Å²) in [5.74, 6) is 0.279. The van der Waals surface area contributed by atoms with Gasteiger partial charge in [0.15, 0.2) is 0 Å². The summed E-state index contributed by atoms with van der Waals surface area (Å²) < 4.78 is 4.65. The Morgan fingerprint density at radius 2 is 1.92 bits per heavy atom. The van der Waals surface area contributed by atoms with Gasteiger partial charge in [0.2, 0.25) is 3.79 Å². The number of nitrogens with zero attached hydrogens (tertiary/aromatic N) is 2. The molecule has 0 radical (unpaired) electrons. The monoisotopic (exact) mass is 439 g/mol. The number of alkyl halides is 3. The molecule has 1 amide bonds. The Morgan fingerprint density at radius 1 is 1.27 bits per heavy atom. The molecule has 0 saturated carbocycles. The van der Waals surface area contributed by atoms with Gasteiger partial charge in [-0.3, -0.25) is 5.32 Å². The number of anilines is 1. The quantitative estimate of drug-likeness (QED) is 0.622. The molecule has 2 rings (SSSR count). The maximum Gasteiger partial charge on any atom is 0.412 e. The first-order valence-corrected chi connectivity index (χ1v) is 8.98. The van der Waals surface area contributed by atoms with E-state index >= 15 is 0 Å². The number of carbonyl (C=O) groups is 1. The SMILES string of the molecule is CC(C)(C)c1cc(NC(=O)OCC(Cl)(Cl)Cl)n(-c2ccc(O)c(Cl)c2)n1. The first-order valence-electron chi connectivity index (χ1n) is 7.47. The van der Waals surface area contributed by atoms with Crippen LogP contribution in [-0.4, -0.2) is 31.4 Å². The number of aromatic hydroxyl groups is 1. The Labute approximate surface area is 170 Å². The Balaban J connectivity index is 2.36. The average Bonchev–Trinajstić information content (AvgIpc) is 2.91. The molecule has 142 valence electrons. The molecule has 2 N–H and O–H groups in total. The van der Waals surface area contributed by atoms with Crippen LogP contribution in [0.4, 0.5) is 10.6 Å². The van der Waals surface area contributed by atoms with Crippen molar-refractivity contribution in [1.29, 1.82) is 0 Å². The van der Waals surface area contributed by atoms with E-state index in [9.17, 15) is 9.90 Å². The van der Waals surface area contributed by atoms with Crippen LogP contribution in [0.15, 0.2) is 24.3 Å². The van der Waals surface area contributed by atoms with E-state index in [1.807, 2.05) is 20.8 Å². The Kier molecular flexibility index (Phi) is 6.23. The van der Waals surface area contributed by atoms with Crippen molar-refractivity contribution in [3.8, 4) is 11.4 Å². The molecule has 0 aliphatic rings.